The fraction of sp³-hybridized carbons (Fsp3) is 0.381. The number of nitrogens with one attached hydrogen (secondary N) is 1. The highest BCUT2D eigenvalue weighted by Gasteiger charge is 2.30. The number of amides is 1. The van der Waals surface area contributed by atoms with E-state index in [1.807, 2.05) is 4.90 Å². The van der Waals surface area contributed by atoms with Gasteiger partial charge in [-0.3, -0.25) is 14.9 Å². The fourth-order valence-electron chi connectivity index (χ4n) is 3.69. The van der Waals surface area contributed by atoms with Gasteiger partial charge in [0.1, 0.15) is 5.69 Å². The van der Waals surface area contributed by atoms with Crippen molar-refractivity contribution in [2.24, 2.45) is 0 Å². The first-order valence-electron chi connectivity index (χ1n) is 10.2. The Labute approximate surface area is 180 Å². The molecule has 2 fully saturated rings. The molecule has 1 heterocycles. The van der Waals surface area contributed by atoms with Gasteiger partial charge in [0.2, 0.25) is 10.0 Å². The molecule has 2 aromatic rings. The number of nitrogens with zero attached hydrogens (tertiary/aromatic N) is 3. The zero-order valence-electron chi connectivity index (χ0n) is 17.2. The van der Waals surface area contributed by atoms with Crippen LogP contribution in [0.5, 0.6) is 0 Å². The Morgan fingerprint density at radius 2 is 1.77 bits per heavy atom. The second kappa shape index (κ2) is 8.27. The van der Waals surface area contributed by atoms with Gasteiger partial charge < -0.3 is 9.80 Å². The molecule has 1 amide bonds. The van der Waals surface area contributed by atoms with Crippen LogP contribution in [0.4, 0.5) is 11.4 Å². The number of anilines is 1. The third-order valence-corrected chi connectivity index (χ3v) is 7.15. The Balaban J connectivity index is 1.49. The highest BCUT2D eigenvalue weighted by molar-refractivity contribution is 7.89. The van der Waals surface area contributed by atoms with E-state index in [1.165, 1.54) is 18.2 Å². The summed E-state index contributed by atoms with van der Waals surface area (Å²) in [6, 6.07) is 11.2. The van der Waals surface area contributed by atoms with Gasteiger partial charge >= 0.3 is 0 Å². The Morgan fingerprint density at radius 1 is 1.10 bits per heavy atom. The summed E-state index contributed by atoms with van der Waals surface area (Å²) in [5, 5.41) is 11.3. The van der Waals surface area contributed by atoms with Gasteiger partial charge in [-0.05, 0) is 43.5 Å². The van der Waals surface area contributed by atoms with E-state index >= 15 is 0 Å². The van der Waals surface area contributed by atoms with Gasteiger partial charge in [0.05, 0.1) is 9.82 Å². The van der Waals surface area contributed by atoms with E-state index in [4.69, 9.17) is 0 Å². The summed E-state index contributed by atoms with van der Waals surface area (Å²) >= 11 is 0. The number of carbonyl (C=O) groups is 1. The number of aryl methyl sites for hydroxylation is 1. The van der Waals surface area contributed by atoms with Crippen LogP contribution in [0.3, 0.4) is 0 Å². The van der Waals surface area contributed by atoms with Crippen molar-refractivity contribution in [3.63, 3.8) is 0 Å². The number of sulfonamides is 1. The quantitative estimate of drug-likeness (QED) is 0.540. The highest BCUT2D eigenvalue weighted by Crippen LogP contribution is 2.29. The third-order valence-electron chi connectivity index (χ3n) is 5.63. The summed E-state index contributed by atoms with van der Waals surface area (Å²) in [6.07, 6.45) is 1.67. The summed E-state index contributed by atoms with van der Waals surface area (Å²) in [5.74, 6) is -0.233. The standard InChI is InChI=1S/C21H24N4O5S/c1-15-6-9-17(31(29,30)22-16-7-8-16)14-18(15)21(26)24-12-10-23(11-13-24)19-4-2-3-5-20(19)25(27)28/h2-6,9,14,16,22H,7-8,10-13H2,1H3. The smallest absolute Gasteiger partial charge is 0.292 e. The maximum absolute atomic E-state index is 13.1. The molecule has 1 aliphatic heterocycles. The van der Waals surface area contributed by atoms with Crippen molar-refractivity contribution >= 4 is 27.3 Å². The molecule has 0 bridgehead atoms. The predicted octanol–water partition coefficient (Wildman–Crippen LogP) is 2.31. The Morgan fingerprint density at radius 3 is 2.42 bits per heavy atom. The second-order valence-electron chi connectivity index (χ2n) is 7.90. The normalized spacial score (nSPS) is 16.9. The lowest BCUT2D eigenvalue weighted by Crippen LogP contribution is -2.49. The zero-order chi connectivity index (χ0) is 22.2. The number of para-hydroxylation sites is 2. The maximum Gasteiger partial charge on any atom is 0.292 e. The van der Waals surface area contributed by atoms with E-state index in [2.05, 4.69) is 4.72 Å². The minimum absolute atomic E-state index is 0.0134. The lowest BCUT2D eigenvalue weighted by Gasteiger charge is -2.36. The number of hydrogen-bond donors (Lipinski definition) is 1. The molecule has 1 saturated heterocycles. The van der Waals surface area contributed by atoms with Crippen LogP contribution >= 0.6 is 0 Å². The average molecular weight is 445 g/mol. The molecule has 0 unspecified atom stereocenters. The van der Waals surface area contributed by atoms with Crippen LogP contribution in [0.1, 0.15) is 28.8 Å². The minimum atomic E-state index is -3.65. The van der Waals surface area contributed by atoms with Crippen molar-refractivity contribution in [3.05, 3.63) is 63.7 Å². The van der Waals surface area contributed by atoms with Crippen molar-refractivity contribution in [3.8, 4) is 0 Å². The molecule has 164 valence electrons. The first kappa shape index (κ1) is 21.3. The van der Waals surface area contributed by atoms with Crippen LogP contribution in [-0.4, -0.2) is 56.4 Å². The summed E-state index contributed by atoms with van der Waals surface area (Å²) in [4.78, 5) is 27.7. The van der Waals surface area contributed by atoms with Crippen molar-refractivity contribution in [2.75, 3.05) is 31.1 Å². The van der Waals surface area contributed by atoms with Crippen LogP contribution < -0.4 is 9.62 Å². The average Bonchev–Trinajstić information content (AvgIpc) is 3.57. The number of benzene rings is 2. The molecule has 0 radical (unpaired) electrons. The van der Waals surface area contributed by atoms with Crippen molar-refractivity contribution < 1.29 is 18.1 Å². The van der Waals surface area contributed by atoms with Crippen LogP contribution in [0.15, 0.2) is 47.4 Å². The van der Waals surface area contributed by atoms with E-state index in [0.29, 0.717) is 43.0 Å². The van der Waals surface area contributed by atoms with Crippen LogP contribution in [-0.2, 0) is 10.0 Å². The van der Waals surface area contributed by atoms with Gasteiger partial charge in [-0.25, -0.2) is 13.1 Å². The van der Waals surface area contributed by atoms with Crippen LogP contribution in [0, 0.1) is 17.0 Å². The molecule has 9 nitrogen and oxygen atoms in total. The van der Waals surface area contributed by atoms with Gasteiger partial charge in [0.15, 0.2) is 0 Å². The lowest BCUT2D eigenvalue weighted by molar-refractivity contribution is -0.384. The summed E-state index contributed by atoms with van der Waals surface area (Å²) < 4.78 is 27.7. The van der Waals surface area contributed by atoms with E-state index in [-0.39, 0.29) is 22.5 Å². The number of nitro groups is 1. The molecule has 1 N–H and O–H groups in total. The number of piperazine rings is 1. The summed E-state index contributed by atoms with van der Waals surface area (Å²) in [7, 11) is -3.65. The molecule has 0 atom stereocenters. The molecule has 0 spiro atoms. The molecular formula is C21H24N4O5S. The Kier molecular flexibility index (Phi) is 5.67. The largest absolute Gasteiger partial charge is 0.362 e. The number of rotatable bonds is 6. The van der Waals surface area contributed by atoms with Crippen molar-refractivity contribution in [1.29, 1.82) is 0 Å². The summed E-state index contributed by atoms with van der Waals surface area (Å²) in [6.45, 7) is 3.47. The first-order valence-corrected chi connectivity index (χ1v) is 11.7. The number of nitro benzene ring substituents is 1. The fourth-order valence-corrected chi connectivity index (χ4v) is 5.02. The molecule has 31 heavy (non-hydrogen) atoms. The van der Waals surface area contributed by atoms with E-state index < -0.39 is 14.9 Å². The summed E-state index contributed by atoms with van der Waals surface area (Å²) in [5.41, 5.74) is 1.64. The van der Waals surface area contributed by atoms with Gasteiger partial charge in [0.25, 0.3) is 11.6 Å². The SMILES string of the molecule is Cc1ccc(S(=O)(=O)NC2CC2)cc1C(=O)N1CCN(c2ccccc2[N+](=O)[O-])CC1. The minimum Gasteiger partial charge on any atom is -0.362 e. The van der Waals surface area contributed by atoms with Gasteiger partial charge in [-0.1, -0.05) is 18.2 Å². The molecular weight excluding hydrogens is 420 g/mol. The zero-order valence-corrected chi connectivity index (χ0v) is 18.0. The third kappa shape index (κ3) is 4.54. The molecule has 1 saturated carbocycles. The topological polar surface area (TPSA) is 113 Å². The van der Waals surface area contributed by atoms with Gasteiger partial charge in [-0.15, -0.1) is 0 Å². The van der Waals surface area contributed by atoms with Crippen molar-refractivity contribution in [2.45, 2.75) is 30.7 Å². The Bertz CT molecular complexity index is 1120. The number of hydrogen-bond acceptors (Lipinski definition) is 6. The van der Waals surface area contributed by atoms with E-state index in [0.717, 1.165) is 12.8 Å². The maximum atomic E-state index is 13.1. The Hall–Kier alpha value is -2.98. The van der Waals surface area contributed by atoms with E-state index in [9.17, 15) is 23.3 Å². The molecule has 2 aromatic carbocycles. The van der Waals surface area contributed by atoms with Crippen molar-refractivity contribution in [1.82, 2.24) is 9.62 Å². The highest BCUT2D eigenvalue weighted by atomic mass is 32.2. The van der Waals surface area contributed by atoms with Crippen LogP contribution in [0.2, 0.25) is 0 Å². The van der Waals surface area contributed by atoms with Gasteiger partial charge in [-0.2, -0.15) is 0 Å². The predicted molar refractivity (Wildman–Crippen MR) is 116 cm³/mol. The molecule has 2 aliphatic rings. The van der Waals surface area contributed by atoms with E-state index in [1.54, 1.807) is 36.1 Å². The first-order chi connectivity index (χ1) is 14.8. The molecule has 10 heteroatoms. The second-order valence-corrected chi connectivity index (χ2v) is 9.61. The molecule has 4 rings (SSSR count). The molecule has 0 aromatic heterocycles. The monoisotopic (exact) mass is 444 g/mol. The van der Waals surface area contributed by atoms with Gasteiger partial charge in [0, 0.05) is 43.9 Å². The lowest BCUT2D eigenvalue weighted by atomic mass is 10.1. The number of carbonyl (C=O) groups excluding carboxylic acids is 1. The van der Waals surface area contributed by atoms with Crippen LogP contribution in [0.25, 0.3) is 0 Å². The molecule has 1 aliphatic carbocycles.